The van der Waals surface area contributed by atoms with E-state index in [2.05, 4.69) is 34.7 Å². The van der Waals surface area contributed by atoms with E-state index in [1.165, 1.54) is 5.56 Å². The molecule has 21 heavy (non-hydrogen) atoms. The Hall–Kier alpha value is -1.53. The molecule has 0 spiro atoms. The quantitative estimate of drug-likeness (QED) is 0.600. The van der Waals surface area contributed by atoms with E-state index >= 15 is 0 Å². The van der Waals surface area contributed by atoms with Crippen molar-refractivity contribution >= 4 is 11.8 Å². The van der Waals surface area contributed by atoms with Gasteiger partial charge in [-0.2, -0.15) is 0 Å². The summed E-state index contributed by atoms with van der Waals surface area (Å²) in [6.45, 7) is 6.16. The predicted octanol–water partition coefficient (Wildman–Crippen LogP) is 2.63. The van der Waals surface area contributed by atoms with Crippen molar-refractivity contribution in [2.45, 2.75) is 38.5 Å². The molecule has 1 heterocycles. The maximum Gasteiger partial charge on any atom is 0.191 e. The van der Waals surface area contributed by atoms with E-state index in [1.54, 1.807) is 11.8 Å². The Bertz CT molecular complexity index is 571. The molecule has 2 aromatic rings. The molecule has 0 unspecified atom stereocenters. The highest BCUT2D eigenvalue weighted by atomic mass is 32.2. The van der Waals surface area contributed by atoms with E-state index in [9.17, 15) is 0 Å². The van der Waals surface area contributed by atoms with Crippen LogP contribution in [0.5, 0.6) is 5.75 Å². The van der Waals surface area contributed by atoms with Gasteiger partial charge in [-0.1, -0.05) is 30.8 Å². The molecule has 6 heteroatoms. The molecule has 114 valence electrons. The number of hydrogen-bond acceptors (Lipinski definition) is 5. The molecule has 1 aromatic heterocycles. The lowest BCUT2D eigenvalue weighted by molar-refractivity contribution is 0.343. The molecule has 0 saturated carbocycles. The lowest BCUT2D eigenvalue weighted by Gasteiger charge is -2.08. The van der Waals surface area contributed by atoms with Gasteiger partial charge in [0.1, 0.15) is 11.6 Å². The Kier molecular flexibility index (Phi) is 6.07. The summed E-state index contributed by atoms with van der Waals surface area (Å²) in [6, 6.07) is 8.08. The number of aryl methyl sites for hydroxylation is 1. The second-order valence-corrected chi connectivity index (χ2v) is 5.83. The first-order chi connectivity index (χ1) is 10.2. The van der Waals surface area contributed by atoms with Crippen LogP contribution in [0.15, 0.2) is 29.4 Å². The average molecular weight is 306 g/mol. The monoisotopic (exact) mass is 306 g/mol. The van der Waals surface area contributed by atoms with Crippen LogP contribution in [0.4, 0.5) is 0 Å². The third-order valence-electron chi connectivity index (χ3n) is 3.00. The molecule has 2 N–H and O–H groups in total. The van der Waals surface area contributed by atoms with Crippen molar-refractivity contribution in [1.82, 2.24) is 14.8 Å². The van der Waals surface area contributed by atoms with Crippen molar-refractivity contribution < 1.29 is 4.74 Å². The standard InChI is InChI=1S/C15H22N4OS/c1-3-7-19-14(11-16)17-18-15(19)21-9-8-20-13-6-4-5-12(2)10-13/h4-6,10H,3,7-9,11,16H2,1-2H3. The van der Waals surface area contributed by atoms with Crippen LogP contribution in [0.2, 0.25) is 0 Å². The molecule has 0 aliphatic rings. The Morgan fingerprint density at radius 1 is 1.33 bits per heavy atom. The molecule has 0 amide bonds. The lowest BCUT2D eigenvalue weighted by atomic mass is 10.2. The van der Waals surface area contributed by atoms with Crippen LogP contribution in [-0.2, 0) is 13.1 Å². The summed E-state index contributed by atoms with van der Waals surface area (Å²) in [5, 5.41) is 9.25. The fourth-order valence-electron chi connectivity index (χ4n) is 2.02. The first-order valence-electron chi connectivity index (χ1n) is 7.19. The highest BCUT2D eigenvalue weighted by Crippen LogP contribution is 2.18. The van der Waals surface area contributed by atoms with Crippen molar-refractivity contribution in [1.29, 1.82) is 0 Å². The first-order valence-corrected chi connectivity index (χ1v) is 8.17. The number of ether oxygens (including phenoxy) is 1. The van der Waals surface area contributed by atoms with Gasteiger partial charge >= 0.3 is 0 Å². The number of hydrogen-bond donors (Lipinski definition) is 1. The first kappa shape index (κ1) is 15.9. The summed E-state index contributed by atoms with van der Waals surface area (Å²) in [7, 11) is 0. The smallest absolute Gasteiger partial charge is 0.191 e. The van der Waals surface area contributed by atoms with E-state index in [0.717, 1.165) is 35.4 Å². The SMILES string of the molecule is CCCn1c(CN)nnc1SCCOc1cccc(C)c1. The van der Waals surface area contributed by atoms with Gasteiger partial charge in [0.05, 0.1) is 13.2 Å². The third-order valence-corrected chi connectivity index (χ3v) is 3.93. The maximum atomic E-state index is 5.74. The van der Waals surface area contributed by atoms with Gasteiger partial charge in [0, 0.05) is 12.3 Å². The molecule has 2 rings (SSSR count). The van der Waals surface area contributed by atoms with Crippen molar-refractivity contribution in [2.75, 3.05) is 12.4 Å². The Balaban J connectivity index is 1.84. The van der Waals surface area contributed by atoms with Gasteiger partial charge < -0.3 is 15.0 Å². The number of rotatable bonds is 8. The van der Waals surface area contributed by atoms with Crippen LogP contribution in [0, 0.1) is 6.92 Å². The van der Waals surface area contributed by atoms with Gasteiger partial charge in [0.25, 0.3) is 0 Å². The summed E-state index contributed by atoms with van der Waals surface area (Å²) >= 11 is 1.66. The van der Waals surface area contributed by atoms with Crippen molar-refractivity contribution in [3.8, 4) is 5.75 Å². The summed E-state index contributed by atoms with van der Waals surface area (Å²) in [4.78, 5) is 0. The molecule has 0 bridgehead atoms. The molecule has 0 radical (unpaired) electrons. The highest BCUT2D eigenvalue weighted by molar-refractivity contribution is 7.99. The van der Waals surface area contributed by atoms with Gasteiger partial charge in [-0.3, -0.25) is 0 Å². The van der Waals surface area contributed by atoms with Crippen LogP contribution < -0.4 is 10.5 Å². The number of aromatic nitrogens is 3. The van der Waals surface area contributed by atoms with E-state index in [4.69, 9.17) is 10.5 Å². The highest BCUT2D eigenvalue weighted by Gasteiger charge is 2.10. The topological polar surface area (TPSA) is 66.0 Å². The number of thioether (sulfide) groups is 1. The zero-order valence-corrected chi connectivity index (χ0v) is 13.4. The fraction of sp³-hybridized carbons (Fsp3) is 0.467. The van der Waals surface area contributed by atoms with E-state index < -0.39 is 0 Å². The molecule has 0 saturated heterocycles. The summed E-state index contributed by atoms with van der Waals surface area (Å²) in [5.41, 5.74) is 6.89. The molecular formula is C15H22N4OS. The number of nitrogens with two attached hydrogens (primary N) is 1. The van der Waals surface area contributed by atoms with Crippen LogP contribution in [0.1, 0.15) is 24.7 Å². The number of benzene rings is 1. The molecule has 0 fully saturated rings. The summed E-state index contributed by atoms with van der Waals surface area (Å²) in [5.74, 6) is 2.59. The largest absolute Gasteiger partial charge is 0.493 e. The normalized spacial score (nSPS) is 10.8. The van der Waals surface area contributed by atoms with Crippen LogP contribution in [-0.4, -0.2) is 27.1 Å². The molecule has 0 atom stereocenters. The van der Waals surface area contributed by atoms with Gasteiger partial charge in [0.2, 0.25) is 0 Å². The molecule has 5 nitrogen and oxygen atoms in total. The second-order valence-electron chi connectivity index (χ2n) is 4.77. The zero-order valence-electron chi connectivity index (χ0n) is 12.6. The van der Waals surface area contributed by atoms with Crippen molar-refractivity contribution in [2.24, 2.45) is 5.73 Å². The average Bonchev–Trinajstić information content (AvgIpc) is 2.86. The molecular weight excluding hydrogens is 284 g/mol. The number of nitrogens with zero attached hydrogens (tertiary/aromatic N) is 3. The second kappa shape index (κ2) is 8.05. The third kappa shape index (κ3) is 4.47. The minimum atomic E-state index is 0.424. The maximum absolute atomic E-state index is 5.74. The lowest BCUT2D eigenvalue weighted by Crippen LogP contribution is -2.09. The van der Waals surface area contributed by atoms with Crippen LogP contribution in [0.25, 0.3) is 0 Å². The summed E-state index contributed by atoms with van der Waals surface area (Å²) in [6.07, 6.45) is 1.04. The van der Waals surface area contributed by atoms with Gasteiger partial charge in [-0.15, -0.1) is 10.2 Å². The minimum absolute atomic E-state index is 0.424. The zero-order chi connectivity index (χ0) is 15.1. The Morgan fingerprint density at radius 3 is 2.90 bits per heavy atom. The summed E-state index contributed by atoms with van der Waals surface area (Å²) < 4.78 is 7.83. The van der Waals surface area contributed by atoms with Crippen LogP contribution in [0.3, 0.4) is 0 Å². The van der Waals surface area contributed by atoms with Gasteiger partial charge in [-0.25, -0.2) is 0 Å². The van der Waals surface area contributed by atoms with E-state index in [1.807, 2.05) is 18.2 Å². The van der Waals surface area contributed by atoms with E-state index in [0.29, 0.717) is 13.2 Å². The van der Waals surface area contributed by atoms with E-state index in [-0.39, 0.29) is 0 Å². The van der Waals surface area contributed by atoms with Crippen molar-refractivity contribution in [3.63, 3.8) is 0 Å². The predicted molar refractivity (Wildman–Crippen MR) is 85.6 cm³/mol. The van der Waals surface area contributed by atoms with Crippen molar-refractivity contribution in [3.05, 3.63) is 35.7 Å². The minimum Gasteiger partial charge on any atom is -0.493 e. The van der Waals surface area contributed by atoms with Gasteiger partial charge in [0.15, 0.2) is 5.16 Å². The Labute approximate surface area is 129 Å². The Morgan fingerprint density at radius 2 is 2.19 bits per heavy atom. The molecule has 1 aromatic carbocycles. The molecule has 0 aliphatic heterocycles. The molecule has 0 aliphatic carbocycles. The fourth-order valence-corrected chi connectivity index (χ4v) is 2.82. The van der Waals surface area contributed by atoms with Crippen LogP contribution >= 0.6 is 11.8 Å². The van der Waals surface area contributed by atoms with Gasteiger partial charge in [-0.05, 0) is 31.0 Å².